The van der Waals surface area contributed by atoms with Crippen molar-refractivity contribution < 1.29 is 9.53 Å². The fourth-order valence-electron chi connectivity index (χ4n) is 3.27. The van der Waals surface area contributed by atoms with Gasteiger partial charge in [0.1, 0.15) is 5.75 Å². The molecule has 0 saturated heterocycles. The molecule has 0 aliphatic carbocycles. The van der Waals surface area contributed by atoms with E-state index in [4.69, 9.17) is 22.1 Å². The third-order valence-corrected chi connectivity index (χ3v) is 5.23. The molecule has 0 fully saturated rings. The lowest BCUT2D eigenvalue weighted by molar-refractivity contribution is 0.0929. The summed E-state index contributed by atoms with van der Waals surface area (Å²) in [6.07, 6.45) is 1.04. The Morgan fingerprint density at radius 3 is 2.81 bits per heavy atom. The van der Waals surface area contributed by atoms with E-state index < -0.39 is 0 Å². The molecule has 1 aliphatic rings. The number of rotatable bonds is 5. The van der Waals surface area contributed by atoms with Crippen LogP contribution >= 0.6 is 11.6 Å². The number of fused-ring (bicyclic) bond motifs is 1. The average molecular weight is 374 g/mol. The first-order valence-corrected chi connectivity index (χ1v) is 9.09. The maximum absolute atomic E-state index is 12.6. The fourth-order valence-corrected chi connectivity index (χ4v) is 3.44. The number of nitrogen functional groups attached to an aromatic ring is 1. The molecule has 3 N–H and O–H groups in total. The Morgan fingerprint density at radius 1 is 1.35 bits per heavy atom. The number of ether oxygens (including phenoxy) is 1. The van der Waals surface area contributed by atoms with Crippen LogP contribution in [0.2, 0.25) is 5.02 Å². The lowest BCUT2D eigenvalue weighted by Gasteiger charge is -2.33. The molecule has 1 aliphatic heterocycles. The van der Waals surface area contributed by atoms with Crippen LogP contribution in [0.25, 0.3) is 0 Å². The molecule has 3 rings (SSSR count). The summed E-state index contributed by atoms with van der Waals surface area (Å²) in [6.45, 7) is 4.57. The lowest BCUT2D eigenvalue weighted by atomic mass is 9.99. The molecule has 26 heavy (non-hydrogen) atoms. The normalized spacial score (nSPS) is 15.2. The van der Waals surface area contributed by atoms with Gasteiger partial charge in [-0.15, -0.1) is 0 Å². The van der Waals surface area contributed by atoms with Gasteiger partial charge in [0.25, 0.3) is 5.91 Å². The zero-order valence-electron chi connectivity index (χ0n) is 15.1. The lowest BCUT2D eigenvalue weighted by Crippen LogP contribution is -2.44. The SMILES string of the molecule is COc1cc(N)c(Cl)cc1C(=O)NCC(C)N1CCc2ccccc2C1. The van der Waals surface area contributed by atoms with Crippen LogP contribution in [0, 0.1) is 0 Å². The Kier molecular flexibility index (Phi) is 5.69. The summed E-state index contributed by atoms with van der Waals surface area (Å²) in [5.41, 5.74) is 9.34. The quantitative estimate of drug-likeness (QED) is 0.790. The van der Waals surface area contributed by atoms with Gasteiger partial charge in [-0.1, -0.05) is 35.9 Å². The Labute approximate surface area is 159 Å². The zero-order valence-corrected chi connectivity index (χ0v) is 15.8. The van der Waals surface area contributed by atoms with E-state index in [0.717, 1.165) is 19.5 Å². The molecule has 5 nitrogen and oxygen atoms in total. The minimum absolute atomic E-state index is 0.215. The number of carbonyl (C=O) groups excluding carboxylic acids is 1. The summed E-state index contributed by atoms with van der Waals surface area (Å²) in [4.78, 5) is 14.9. The number of hydrogen-bond donors (Lipinski definition) is 2. The van der Waals surface area contributed by atoms with Crippen molar-refractivity contribution in [1.82, 2.24) is 10.2 Å². The number of amides is 1. The van der Waals surface area contributed by atoms with Crippen LogP contribution in [0.15, 0.2) is 36.4 Å². The number of halogens is 1. The molecular weight excluding hydrogens is 350 g/mol. The van der Waals surface area contributed by atoms with E-state index in [-0.39, 0.29) is 11.9 Å². The molecule has 0 bridgehead atoms. The molecule has 1 unspecified atom stereocenters. The van der Waals surface area contributed by atoms with Gasteiger partial charge in [-0.2, -0.15) is 0 Å². The molecule has 1 heterocycles. The molecule has 6 heteroatoms. The van der Waals surface area contributed by atoms with Crippen molar-refractivity contribution in [2.75, 3.05) is 25.9 Å². The van der Waals surface area contributed by atoms with E-state index in [1.165, 1.54) is 18.2 Å². The van der Waals surface area contributed by atoms with E-state index in [0.29, 0.717) is 28.6 Å². The minimum atomic E-state index is -0.215. The molecular formula is C20H24ClN3O2. The van der Waals surface area contributed by atoms with Gasteiger partial charge < -0.3 is 15.8 Å². The molecule has 0 spiro atoms. The van der Waals surface area contributed by atoms with Crippen LogP contribution in [0.1, 0.15) is 28.4 Å². The maximum atomic E-state index is 12.6. The van der Waals surface area contributed by atoms with Crippen molar-refractivity contribution >= 4 is 23.2 Å². The van der Waals surface area contributed by atoms with E-state index >= 15 is 0 Å². The molecule has 2 aromatic rings. The van der Waals surface area contributed by atoms with Crippen LogP contribution in [0.3, 0.4) is 0 Å². The number of nitrogens with one attached hydrogen (secondary N) is 1. The smallest absolute Gasteiger partial charge is 0.255 e. The standard InChI is InChI=1S/C20H24ClN3O2/c1-13(24-8-7-14-5-3-4-6-15(14)12-24)11-23-20(25)16-9-17(21)18(22)10-19(16)26-2/h3-6,9-10,13H,7-8,11-12,22H2,1-2H3,(H,23,25). The molecule has 0 saturated carbocycles. The molecule has 1 amide bonds. The highest BCUT2D eigenvalue weighted by Gasteiger charge is 2.22. The number of anilines is 1. The first kappa shape index (κ1) is 18.5. The summed E-state index contributed by atoms with van der Waals surface area (Å²) >= 11 is 6.05. The summed E-state index contributed by atoms with van der Waals surface area (Å²) < 4.78 is 5.25. The number of hydrogen-bond acceptors (Lipinski definition) is 4. The summed E-state index contributed by atoms with van der Waals surface area (Å²) in [7, 11) is 1.51. The number of carbonyl (C=O) groups is 1. The highest BCUT2D eigenvalue weighted by Crippen LogP contribution is 2.28. The molecule has 2 aromatic carbocycles. The van der Waals surface area contributed by atoms with Gasteiger partial charge in [0.2, 0.25) is 0 Å². The van der Waals surface area contributed by atoms with Gasteiger partial charge in [0.05, 0.1) is 23.4 Å². The minimum Gasteiger partial charge on any atom is -0.496 e. The first-order chi connectivity index (χ1) is 12.5. The predicted octanol–water partition coefficient (Wildman–Crippen LogP) is 3.11. The second-order valence-electron chi connectivity index (χ2n) is 6.62. The van der Waals surface area contributed by atoms with Gasteiger partial charge in [0, 0.05) is 31.7 Å². The van der Waals surface area contributed by atoms with Crippen LogP contribution in [-0.4, -0.2) is 37.0 Å². The molecule has 0 aromatic heterocycles. The first-order valence-electron chi connectivity index (χ1n) is 8.71. The van der Waals surface area contributed by atoms with Crippen LogP contribution in [0.5, 0.6) is 5.75 Å². The average Bonchev–Trinajstić information content (AvgIpc) is 2.67. The summed E-state index contributed by atoms with van der Waals surface area (Å²) in [5.74, 6) is 0.206. The number of methoxy groups -OCH3 is 1. The van der Waals surface area contributed by atoms with Gasteiger partial charge >= 0.3 is 0 Å². The third-order valence-electron chi connectivity index (χ3n) is 4.90. The molecule has 138 valence electrons. The number of nitrogens with two attached hydrogens (primary N) is 1. The Morgan fingerprint density at radius 2 is 2.08 bits per heavy atom. The predicted molar refractivity (Wildman–Crippen MR) is 105 cm³/mol. The number of nitrogens with zero attached hydrogens (tertiary/aromatic N) is 1. The second-order valence-corrected chi connectivity index (χ2v) is 7.03. The molecule has 1 atom stereocenters. The largest absolute Gasteiger partial charge is 0.496 e. The highest BCUT2D eigenvalue weighted by molar-refractivity contribution is 6.33. The van der Waals surface area contributed by atoms with E-state index in [2.05, 4.69) is 41.4 Å². The number of benzene rings is 2. The van der Waals surface area contributed by atoms with Crippen LogP contribution in [-0.2, 0) is 13.0 Å². The van der Waals surface area contributed by atoms with Gasteiger partial charge in [0.15, 0.2) is 0 Å². The van der Waals surface area contributed by atoms with Gasteiger partial charge in [-0.25, -0.2) is 0 Å². The van der Waals surface area contributed by atoms with Crippen molar-refractivity contribution in [3.63, 3.8) is 0 Å². The van der Waals surface area contributed by atoms with E-state index in [1.807, 2.05) is 0 Å². The Hall–Kier alpha value is -2.24. The van der Waals surface area contributed by atoms with Gasteiger partial charge in [-0.3, -0.25) is 9.69 Å². The zero-order chi connectivity index (χ0) is 18.7. The van der Waals surface area contributed by atoms with Crippen LogP contribution in [0.4, 0.5) is 5.69 Å². The van der Waals surface area contributed by atoms with Crippen molar-refractivity contribution in [2.24, 2.45) is 0 Å². The Balaban J connectivity index is 1.62. The fraction of sp³-hybridized carbons (Fsp3) is 0.350. The third kappa shape index (κ3) is 3.94. The van der Waals surface area contributed by atoms with Crippen molar-refractivity contribution in [3.05, 3.63) is 58.1 Å². The topological polar surface area (TPSA) is 67.6 Å². The highest BCUT2D eigenvalue weighted by atomic mass is 35.5. The van der Waals surface area contributed by atoms with Gasteiger partial charge in [-0.05, 0) is 30.5 Å². The van der Waals surface area contributed by atoms with Crippen molar-refractivity contribution in [2.45, 2.75) is 25.9 Å². The summed E-state index contributed by atoms with van der Waals surface area (Å²) in [6, 6.07) is 11.9. The van der Waals surface area contributed by atoms with E-state index in [9.17, 15) is 4.79 Å². The Bertz CT molecular complexity index is 810. The van der Waals surface area contributed by atoms with E-state index in [1.54, 1.807) is 12.1 Å². The van der Waals surface area contributed by atoms with Crippen molar-refractivity contribution in [3.8, 4) is 5.75 Å². The monoisotopic (exact) mass is 373 g/mol. The summed E-state index contributed by atoms with van der Waals surface area (Å²) in [5, 5.41) is 3.33. The maximum Gasteiger partial charge on any atom is 0.255 e. The molecule has 0 radical (unpaired) electrons. The van der Waals surface area contributed by atoms with Crippen LogP contribution < -0.4 is 15.8 Å². The second kappa shape index (κ2) is 7.98. The van der Waals surface area contributed by atoms with Crippen molar-refractivity contribution in [1.29, 1.82) is 0 Å².